The summed E-state index contributed by atoms with van der Waals surface area (Å²) in [6, 6.07) is 0. The molecule has 1 saturated carbocycles. The zero-order chi connectivity index (χ0) is 15.2. The molecule has 1 aliphatic carbocycles. The fourth-order valence-corrected chi connectivity index (χ4v) is 3.11. The Bertz CT molecular complexity index is 377. The second-order valence-corrected chi connectivity index (χ2v) is 6.66. The molecule has 0 aromatic carbocycles. The van der Waals surface area contributed by atoms with Gasteiger partial charge in [0.2, 0.25) is 0 Å². The summed E-state index contributed by atoms with van der Waals surface area (Å²) in [6.45, 7) is 5.01. The Hall–Kier alpha value is -1.17. The van der Waals surface area contributed by atoms with Crippen molar-refractivity contribution in [1.82, 2.24) is 10.6 Å². The van der Waals surface area contributed by atoms with Gasteiger partial charge in [-0.1, -0.05) is 38.9 Å². The largest absolute Gasteiger partial charge is 0.392 e. The van der Waals surface area contributed by atoms with Gasteiger partial charge in [0.15, 0.2) is 0 Å². The maximum Gasteiger partial charge on any atom is 0.309 e. The third-order valence-corrected chi connectivity index (χ3v) is 3.90. The molecule has 1 rings (SSSR count). The number of carbonyl (C=O) groups is 2. The molecule has 0 spiro atoms. The summed E-state index contributed by atoms with van der Waals surface area (Å²) >= 11 is 4.65. The van der Waals surface area contributed by atoms with Gasteiger partial charge < -0.3 is 16.4 Å². The maximum atomic E-state index is 11.7. The van der Waals surface area contributed by atoms with E-state index in [0.717, 1.165) is 19.3 Å². The molecule has 5 nitrogen and oxygen atoms in total. The Labute approximate surface area is 126 Å². The average Bonchev–Trinajstić information content (AvgIpc) is 2.81. The van der Waals surface area contributed by atoms with Crippen molar-refractivity contribution in [3.63, 3.8) is 0 Å². The van der Waals surface area contributed by atoms with Crippen molar-refractivity contribution in [2.45, 2.75) is 46.0 Å². The molecule has 0 aromatic rings. The lowest BCUT2D eigenvalue weighted by molar-refractivity contribution is -0.139. The average molecular weight is 299 g/mol. The minimum absolute atomic E-state index is 0.0543. The second kappa shape index (κ2) is 7.57. The third-order valence-electron chi connectivity index (χ3n) is 3.76. The molecule has 4 N–H and O–H groups in total. The van der Waals surface area contributed by atoms with Crippen LogP contribution in [0.3, 0.4) is 0 Å². The summed E-state index contributed by atoms with van der Waals surface area (Å²) in [7, 11) is 0. The molecule has 1 fully saturated rings. The highest BCUT2D eigenvalue weighted by Gasteiger charge is 2.35. The molecule has 0 unspecified atom stereocenters. The predicted octanol–water partition coefficient (Wildman–Crippen LogP) is 1.11. The van der Waals surface area contributed by atoms with Crippen LogP contribution in [0.25, 0.3) is 0 Å². The van der Waals surface area contributed by atoms with Crippen molar-refractivity contribution in [3.05, 3.63) is 0 Å². The van der Waals surface area contributed by atoms with E-state index in [9.17, 15) is 9.59 Å². The molecule has 0 aliphatic heterocycles. The molecule has 0 atom stereocenters. The van der Waals surface area contributed by atoms with E-state index < -0.39 is 11.8 Å². The molecule has 0 saturated heterocycles. The topological polar surface area (TPSA) is 84.2 Å². The lowest BCUT2D eigenvalue weighted by Gasteiger charge is -2.31. The van der Waals surface area contributed by atoms with Gasteiger partial charge in [-0.05, 0) is 30.6 Å². The van der Waals surface area contributed by atoms with Crippen LogP contribution in [0.4, 0.5) is 0 Å². The van der Waals surface area contributed by atoms with Gasteiger partial charge in [0.05, 0.1) is 11.5 Å². The molecule has 2 amide bonds. The first-order chi connectivity index (χ1) is 9.34. The first-order valence-corrected chi connectivity index (χ1v) is 7.60. The maximum absolute atomic E-state index is 11.7. The molecule has 1 aliphatic rings. The molecule has 0 heterocycles. The zero-order valence-corrected chi connectivity index (χ0v) is 13.1. The Morgan fingerprint density at radius 1 is 1.20 bits per heavy atom. The quantitative estimate of drug-likeness (QED) is 0.507. The SMILES string of the molecule is CC(C)CC1(CNC(=O)C(=O)NCC(N)=S)CCCC1. The van der Waals surface area contributed by atoms with Crippen molar-refractivity contribution in [2.75, 3.05) is 13.1 Å². The van der Waals surface area contributed by atoms with Gasteiger partial charge >= 0.3 is 11.8 Å². The van der Waals surface area contributed by atoms with Crippen LogP contribution in [0.1, 0.15) is 46.0 Å². The van der Waals surface area contributed by atoms with Gasteiger partial charge in [0.1, 0.15) is 0 Å². The standard InChI is InChI=1S/C14H25N3O2S/c1-10(2)7-14(5-3-4-6-14)9-17-13(19)12(18)16-8-11(15)20/h10H,3-9H2,1-2H3,(H2,15,20)(H,16,18)(H,17,19). The smallest absolute Gasteiger partial charge is 0.309 e. The van der Waals surface area contributed by atoms with Gasteiger partial charge in [-0.25, -0.2) is 0 Å². The van der Waals surface area contributed by atoms with E-state index >= 15 is 0 Å². The Balaban J connectivity index is 2.45. The van der Waals surface area contributed by atoms with Crippen LogP contribution in [0.2, 0.25) is 0 Å². The fraction of sp³-hybridized carbons (Fsp3) is 0.786. The van der Waals surface area contributed by atoms with Gasteiger partial charge in [-0.3, -0.25) is 9.59 Å². The highest BCUT2D eigenvalue weighted by atomic mass is 32.1. The number of nitrogens with two attached hydrogens (primary N) is 1. The number of rotatable bonds is 6. The number of carbonyl (C=O) groups excluding carboxylic acids is 2. The molecule has 6 heteroatoms. The van der Waals surface area contributed by atoms with Crippen molar-refractivity contribution >= 4 is 29.0 Å². The highest BCUT2D eigenvalue weighted by Crippen LogP contribution is 2.42. The van der Waals surface area contributed by atoms with Gasteiger partial charge in [0.25, 0.3) is 0 Å². The molecule has 0 aromatic heterocycles. The van der Waals surface area contributed by atoms with Crippen LogP contribution in [0, 0.1) is 11.3 Å². The summed E-state index contributed by atoms with van der Waals surface area (Å²) in [5.41, 5.74) is 5.44. The van der Waals surface area contributed by atoms with Crippen LogP contribution >= 0.6 is 12.2 Å². The van der Waals surface area contributed by atoms with E-state index in [1.807, 2.05) is 0 Å². The van der Waals surface area contributed by atoms with Crippen LogP contribution in [-0.4, -0.2) is 29.9 Å². The summed E-state index contributed by atoms with van der Waals surface area (Å²) < 4.78 is 0. The first-order valence-electron chi connectivity index (χ1n) is 7.19. The Morgan fingerprint density at radius 2 is 1.75 bits per heavy atom. The van der Waals surface area contributed by atoms with Crippen molar-refractivity contribution in [2.24, 2.45) is 17.1 Å². The van der Waals surface area contributed by atoms with Gasteiger partial charge in [-0.2, -0.15) is 0 Å². The number of amides is 2. The zero-order valence-electron chi connectivity index (χ0n) is 12.3. The lowest BCUT2D eigenvalue weighted by atomic mass is 9.78. The summed E-state index contributed by atoms with van der Waals surface area (Å²) in [5, 5.41) is 5.15. The minimum atomic E-state index is -0.671. The number of hydrogen-bond donors (Lipinski definition) is 3. The minimum Gasteiger partial charge on any atom is -0.392 e. The molecular formula is C14H25N3O2S. The van der Waals surface area contributed by atoms with Crippen molar-refractivity contribution in [3.8, 4) is 0 Å². The fourth-order valence-electron chi connectivity index (χ4n) is 3.04. The first kappa shape index (κ1) is 16.9. The third kappa shape index (κ3) is 5.45. The second-order valence-electron chi connectivity index (χ2n) is 6.14. The van der Waals surface area contributed by atoms with Crippen molar-refractivity contribution in [1.29, 1.82) is 0 Å². The van der Waals surface area contributed by atoms with Crippen LogP contribution in [-0.2, 0) is 9.59 Å². The van der Waals surface area contributed by atoms with Crippen molar-refractivity contribution < 1.29 is 9.59 Å². The summed E-state index contributed by atoms with van der Waals surface area (Å²) in [4.78, 5) is 23.4. The van der Waals surface area contributed by atoms with Gasteiger partial charge in [-0.15, -0.1) is 0 Å². The van der Waals surface area contributed by atoms with E-state index in [4.69, 9.17) is 5.73 Å². The van der Waals surface area contributed by atoms with E-state index in [1.54, 1.807) is 0 Å². The molecular weight excluding hydrogens is 274 g/mol. The number of thiocarbonyl (C=S) groups is 1. The molecule has 0 bridgehead atoms. The van der Waals surface area contributed by atoms with Crippen LogP contribution in [0.5, 0.6) is 0 Å². The Morgan fingerprint density at radius 3 is 2.25 bits per heavy atom. The van der Waals surface area contributed by atoms with Crippen LogP contribution < -0.4 is 16.4 Å². The highest BCUT2D eigenvalue weighted by molar-refractivity contribution is 7.80. The molecule has 0 radical (unpaired) electrons. The van der Waals surface area contributed by atoms with Gasteiger partial charge in [0, 0.05) is 6.54 Å². The predicted molar refractivity (Wildman–Crippen MR) is 83.2 cm³/mol. The van der Waals surface area contributed by atoms with E-state index in [0.29, 0.717) is 12.5 Å². The Kier molecular flexibility index (Phi) is 6.39. The van der Waals surface area contributed by atoms with E-state index in [1.165, 1.54) is 12.8 Å². The number of nitrogens with one attached hydrogen (secondary N) is 2. The van der Waals surface area contributed by atoms with Crippen LogP contribution in [0.15, 0.2) is 0 Å². The van der Waals surface area contributed by atoms with E-state index in [-0.39, 0.29) is 16.9 Å². The monoisotopic (exact) mass is 299 g/mol. The van der Waals surface area contributed by atoms with E-state index in [2.05, 4.69) is 36.7 Å². The normalized spacial score (nSPS) is 16.9. The summed E-state index contributed by atoms with van der Waals surface area (Å²) in [6.07, 6.45) is 5.74. The number of hydrogen-bond acceptors (Lipinski definition) is 3. The summed E-state index contributed by atoms with van der Waals surface area (Å²) in [5.74, 6) is -0.680. The molecule has 114 valence electrons. The molecule has 20 heavy (non-hydrogen) atoms. The lowest BCUT2D eigenvalue weighted by Crippen LogP contribution is -2.46.